The van der Waals surface area contributed by atoms with Gasteiger partial charge in [-0.2, -0.15) is 0 Å². The molecule has 1 atom stereocenters. The van der Waals surface area contributed by atoms with Crippen LogP contribution in [0.2, 0.25) is 0 Å². The van der Waals surface area contributed by atoms with Gasteiger partial charge in [0.1, 0.15) is 5.75 Å². The number of amides is 2. The summed E-state index contributed by atoms with van der Waals surface area (Å²) >= 11 is 0. The number of carboxylic acid groups (broad SMARTS) is 2. The number of nitrogens with zero attached hydrogens (tertiary/aromatic N) is 1. The third kappa shape index (κ3) is 8.57. The molecule has 2 aromatic rings. The largest absolute Gasteiger partial charge is 0.482 e. The quantitative estimate of drug-likeness (QED) is 0.204. The number of aliphatic imine (C=N–C) groups is 1. The number of benzene rings is 2. The van der Waals surface area contributed by atoms with E-state index in [1.165, 1.54) is 24.3 Å². The van der Waals surface area contributed by atoms with Crippen molar-refractivity contribution in [2.45, 2.75) is 12.5 Å². The molecule has 0 aromatic heterocycles. The lowest BCUT2D eigenvalue weighted by atomic mass is 10.0. The Labute approximate surface area is 191 Å². The fourth-order valence-electron chi connectivity index (χ4n) is 2.77. The SMILES string of the molecule is NC(N)=Nc1cccc(C(=O)NCC(=O)NC(CC(=O)O)c2cccc(OCC(=O)O)c2)c1.[HH].[HH]. The van der Waals surface area contributed by atoms with E-state index in [1.54, 1.807) is 24.3 Å². The van der Waals surface area contributed by atoms with Gasteiger partial charge >= 0.3 is 11.9 Å². The van der Waals surface area contributed by atoms with Gasteiger partial charge in [-0.15, -0.1) is 0 Å². The minimum atomic E-state index is -1.17. The molecular formula is C21H27N5O7. The van der Waals surface area contributed by atoms with Crippen LogP contribution in [-0.2, 0) is 14.4 Å². The number of nitrogens with one attached hydrogen (secondary N) is 2. The molecule has 8 N–H and O–H groups in total. The van der Waals surface area contributed by atoms with Crippen molar-refractivity contribution in [3.63, 3.8) is 0 Å². The molecule has 2 aromatic carbocycles. The fourth-order valence-corrected chi connectivity index (χ4v) is 2.77. The van der Waals surface area contributed by atoms with Crippen LogP contribution in [-0.4, -0.2) is 53.1 Å². The second-order valence-electron chi connectivity index (χ2n) is 6.74. The van der Waals surface area contributed by atoms with Crippen LogP contribution < -0.4 is 26.8 Å². The molecule has 0 aliphatic carbocycles. The van der Waals surface area contributed by atoms with Gasteiger partial charge in [0.05, 0.1) is 24.7 Å². The standard InChI is InChI=1S/C21H23N5O7.2H2/c22-21(23)25-14-5-1-4-13(7-14)20(32)24-10-17(27)26-16(9-18(28)29)12-3-2-6-15(8-12)33-11-19(30)31;;/h1-8,16H,9-11H2,(H,24,32)(H,26,27)(H,28,29)(H,30,31)(H4,22,23,25);2*1H. The van der Waals surface area contributed by atoms with Crippen LogP contribution in [0, 0.1) is 0 Å². The highest BCUT2D eigenvalue weighted by atomic mass is 16.5. The number of rotatable bonds is 11. The summed E-state index contributed by atoms with van der Waals surface area (Å²) in [6.45, 7) is -0.994. The third-order valence-electron chi connectivity index (χ3n) is 4.11. The molecule has 0 bridgehead atoms. The van der Waals surface area contributed by atoms with E-state index in [0.29, 0.717) is 11.3 Å². The minimum Gasteiger partial charge on any atom is -0.482 e. The smallest absolute Gasteiger partial charge is 0.341 e. The summed E-state index contributed by atoms with van der Waals surface area (Å²) in [5, 5.41) is 22.9. The molecular weight excluding hydrogens is 434 g/mol. The number of ether oxygens (including phenoxy) is 1. The van der Waals surface area contributed by atoms with Crippen LogP contribution in [0.15, 0.2) is 53.5 Å². The molecule has 0 saturated heterocycles. The molecule has 0 aliphatic heterocycles. The van der Waals surface area contributed by atoms with Crippen molar-refractivity contribution in [3.05, 3.63) is 59.7 Å². The van der Waals surface area contributed by atoms with Gasteiger partial charge in [0, 0.05) is 8.42 Å². The first-order valence-corrected chi connectivity index (χ1v) is 9.57. The molecule has 178 valence electrons. The molecule has 33 heavy (non-hydrogen) atoms. The maximum absolute atomic E-state index is 12.4. The molecule has 0 aliphatic rings. The molecule has 1 unspecified atom stereocenters. The van der Waals surface area contributed by atoms with Crippen molar-refractivity contribution in [3.8, 4) is 5.75 Å². The van der Waals surface area contributed by atoms with Gasteiger partial charge in [-0.05, 0) is 35.9 Å². The maximum Gasteiger partial charge on any atom is 0.341 e. The summed E-state index contributed by atoms with van der Waals surface area (Å²) in [7, 11) is 0. The van der Waals surface area contributed by atoms with E-state index < -0.39 is 49.4 Å². The average molecular weight is 461 g/mol. The summed E-state index contributed by atoms with van der Waals surface area (Å²) < 4.78 is 5.09. The van der Waals surface area contributed by atoms with E-state index >= 15 is 0 Å². The average Bonchev–Trinajstić information content (AvgIpc) is 2.75. The van der Waals surface area contributed by atoms with E-state index in [-0.39, 0.29) is 20.1 Å². The summed E-state index contributed by atoms with van der Waals surface area (Å²) in [5.74, 6) is -3.50. The summed E-state index contributed by atoms with van der Waals surface area (Å²) in [6, 6.07) is 11.2. The third-order valence-corrected chi connectivity index (χ3v) is 4.11. The summed E-state index contributed by atoms with van der Waals surface area (Å²) in [4.78, 5) is 50.5. The molecule has 0 spiro atoms. The van der Waals surface area contributed by atoms with Crippen molar-refractivity contribution in [2.24, 2.45) is 16.5 Å². The van der Waals surface area contributed by atoms with Gasteiger partial charge in [-0.25, -0.2) is 9.79 Å². The Balaban J connectivity index is 0.00000578. The molecule has 2 rings (SSSR count). The zero-order valence-corrected chi connectivity index (χ0v) is 17.4. The Bertz CT molecular complexity index is 1080. The highest BCUT2D eigenvalue weighted by Gasteiger charge is 2.19. The van der Waals surface area contributed by atoms with E-state index in [2.05, 4.69) is 15.6 Å². The number of nitrogens with two attached hydrogens (primary N) is 2. The molecule has 2 amide bonds. The Hall–Kier alpha value is -4.61. The molecule has 0 saturated carbocycles. The number of hydrogen-bond acceptors (Lipinski definition) is 6. The van der Waals surface area contributed by atoms with E-state index in [1.807, 2.05) is 0 Å². The van der Waals surface area contributed by atoms with E-state index in [9.17, 15) is 24.3 Å². The molecule has 0 radical (unpaired) electrons. The van der Waals surface area contributed by atoms with Crippen molar-refractivity contribution >= 4 is 35.4 Å². The van der Waals surface area contributed by atoms with Crippen molar-refractivity contribution in [2.75, 3.05) is 13.2 Å². The van der Waals surface area contributed by atoms with Crippen LogP contribution in [0.25, 0.3) is 0 Å². The van der Waals surface area contributed by atoms with Crippen LogP contribution in [0.5, 0.6) is 5.75 Å². The van der Waals surface area contributed by atoms with Crippen molar-refractivity contribution < 1.29 is 37.0 Å². The summed E-state index contributed by atoms with van der Waals surface area (Å²) in [6.07, 6.45) is -0.442. The number of carbonyl (C=O) groups is 4. The first-order valence-electron chi connectivity index (χ1n) is 9.57. The molecule has 12 nitrogen and oxygen atoms in total. The van der Waals surface area contributed by atoms with Gasteiger partial charge in [-0.3, -0.25) is 14.4 Å². The molecule has 0 fully saturated rings. The lowest BCUT2D eigenvalue weighted by molar-refractivity contribution is -0.139. The zero-order valence-electron chi connectivity index (χ0n) is 17.4. The Morgan fingerprint density at radius 1 is 1.03 bits per heavy atom. The number of aliphatic carboxylic acids is 2. The second kappa shape index (κ2) is 11.7. The highest BCUT2D eigenvalue weighted by Crippen LogP contribution is 2.22. The zero-order chi connectivity index (χ0) is 24.4. The van der Waals surface area contributed by atoms with Crippen molar-refractivity contribution in [1.82, 2.24) is 10.6 Å². The first-order chi connectivity index (χ1) is 15.6. The fraction of sp³-hybridized carbons (Fsp3) is 0.190. The van der Waals surface area contributed by atoms with E-state index in [0.717, 1.165) is 0 Å². The van der Waals surface area contributed by atoms with Crippen LogP contribution in [0.1, 0.15) is 31.2 Å². The predicted molar refractivity (Wildman–Crippen MR) is 121 cm³/mol. The normalized spacial score (nSPS) is 11.0. The Morgan fingerprint density at radius 2 is 1.76 bits per heavy atom. The number of carbonyl (C=O) groups excluding carboxylic acids is 2. The summed E-state index contributed by atoms with van der Waals surface area (Å²) in [5.41, 5.74) is 11.6. The van der Waals surface area contributed by atoms with Crippen LogP contribution >= 0.6 is 0 Å². The van der Waals surface area contributed by atoms with Gasteiger partial charge in [-0.1, -0.05) is 18.2 Å². The second-order valence-corrected chi connectivity index (χ2v) is 6.74. The van der Waals surface area contributed by atoms with Gasteiger partial charge in [0.15, 0.2) is 12.6 Å². The maximum atomic E-state index is 12.4. The van der Waals surface area contributed by atoms with E-state index in [4.69, 9.17) is 21.3 Å². The van der Waals surface area contributed by atoms with Gasteiger partial charge in [0.2, 0.25) is 5.91 Å². The van der Waals surface area contributed by atoms with Gasteiger partial charge in [0.25, 0.3) is 5.91 Å². The number of carboxylic acids is 2. The van der Waals surface area contributed by atoms with Crippen LogP contribution in [0.3, 0.4) is 0 Å². The first kappa shape index (κ1) is 24.7. The highest BCUT2D eigenvalue weighted by molar-refractivity contribution is 5.97. The lowest BCUT2D eigenvalue weighted by Gasteiger charge is -2.18. The Kier molecular flexibility index (Phi) is 8.74. The van der Waals surface area contributed by atoms with Crippen LogP contribution in [0.4, 0.5) is 5.69 Å². The number of hydrogen-bond donors (Lipinski definition) is 6. The van der Waals surface area contributed by atoms with Crippen molar-refractivity contribution in [1.29, 1.82) is 0 Å². The minimum absolute atomic E-state index is 0. The molecule has 0 heterocycles. The monoisotopic (exact) mass is 461 g/mol. The Morgan fingerprint density at radius 3 is 2.42 bits per heavy atom. The topological polar surface area (TPSA) is 206 Å². The molecule has 12 heteroatoms. The van der Waals surface area contributed by atoms with Gasteiger partial charge < -0.3 is 37.1 Å². The number of guanidine groups is 1. The predicted octanol–water partition coefficient (Wildman–Crippen LogP) is 0.609. The lowest BCUT2D eigenvalue weighted by Crippen LogP contribution is -2.39.